The van der Waals surface area contributed by atoms with Crippen molar-refractivity contribution in [2.45, 2.75) is 38.6 Å². The number of carbonyl (C=O) groups is 2. The number of carbonyl (C=O) groups excluding carboxylic acids is 2. The van der Waals surface area contributed by atoms with Gasteiger partial charge in [0.15, 0.2) is 0 Å². The first-order chi connectivity index (χ1) is 15.1. The number of aryl methyl sites for hydroxylation is 1. The summed E-state index contributed by atoms with van der Waals surface area (Å²) in [5.74, 6) is 0.0197. The molecule has 0 spiro atoms. The smallest absolute Gasteiger partial charge is 0.321 e. The zero-order chi connectivity index (χ0) is 21.8. The van der Waals surface area contributed by atoms with Crippen molar-refractivity contribution in [3.8, 4) is 0 Å². The van der Waals surface area contributed by atoms with Gasteiger partial charge in [-0.05, 0) is 62.1 Å². The molecule has 2 aliphatic rings. The van der Waals surface area contributed by atoms with E-state index in [2.05, 4.69) is 29.3 Å². The normalized spacial score (nSPS) is 19.4. The highest BCUT2D eigenvalue weighted by Gasteiger charge is 2.26. The fourth-order valence-corrected chi connectivity index (χ4v) is 4.66. The Hall–Kier alpha value is -2.96. The molecule has 2 saturated heterocycles. The standard InChI is InChI=1S/C24H33N5O2/c1-3-20-7-4-5-14-29(20)21-11-9-19(10-12-21)25-24(31)28-17-15-27(16-18-28)23(30)22-8-6-13-26(22)2/h6,8-13,20H,3-5,7,14-18H2,1-2H3,(H,25,31). The van der Waals surface area contributed by atoms with Crippen LogP contribution < -0.4 is 10.2 Å². The second kappa shape index (κ2) is 9.45. The number of anilines is 2. The zero-order valence-corrected chi connectivity index (χ0v) is 18.6. The lowest BCUT2D eigenvalue weighted by Gasteiger charge is -2.37. The molecule has 0 radical (unpaired) electrons. The minimum Gasteiger partial charge on any atom is -0.369 e. The first kappa shape index (κ1) is 21.3. The van der Waals surface area contributed by atoms with Crippen LogP contribution in [0.2, 0.25) is 0 Å². The zero-order valence-electron chi connectivity index (χ0n) is 18.6. The molecule has 4 rings (SSSR count). The van der Waals surface area contributed by atoms with Crippen LogP contribution in [0.5, 0.6) is 0 Å². The van der Waals surface area contributed by atoms with Crippen LogP contribution in [0.15, 0.2) is 42.6 Å². The molecule has 1 N–H and O–H groups in total. The Kier molecular flexibility index (Phi) is 6.49. The molecule has 3 amide bonds. The SMILES string of the molecule is CCC1CCCCN1c1ccc(NC(=O)N2CCN(C(=O)c3cccn3C)CC2)cc1. The average Bonchev–Trinajstić information content (AvgIpc) is 3.25. The highest BCUT2D eigenvalue weighted by Crippen LogP contribution is 2.27. The first-order valence-corrected chi connectivity index (χ1v) is 11.4. The summed E-state index contributed by atoms with van der Waals surface area (Å²) in [5.41, 5.74) is 2.72. The fraction of sp³-hybridized carbons (Fsp3) is 0.500. The van der Waals surface area contributed by atoms with Crippen molar-refractivity contribution >= 4 is 23.3 Å². The van der Waals surface area contributed by atoms with Crippen LogP contribution in [-0.2, 0) is 7.05 Å². The van der Waals surface area contributed by atoms with E-state index in [4.69, 9.17) is 0 Å². The van der Waals surface area contributed by atoms with E-state index in [9.17, 15) is 9.59 Å². The summed E-state index contributed by atoms with van der Waals surface area (Å²) in [7, 11) is 1.87. The third kappa shape index (κ3) is 4.70. The van der Waals surface area contributed by atoms with E-state index in [-0.39, 0.29) is 11.9 Å². The van der Waals surface area contributed by atoms with E-state index in [1.54, 1.807) is 4.90 Å². The number of hydrogen-bond donors (Lipinski definition) is 1. The van der Waals surface area contributed by atoms with Gasteiger partial charge in [-0.3, -0.25) is 4.79 Å². The monoisotopic (exact) mass is 423 g/mol. The summed E-state index contributed by atoms with van der Waals surface area (Å²) < 4.78 is 1.83. The lowest BCUT2D eigenvalue weighted by atomic mass is 9.99. The van der Waals surface area contributed by atoms with Gasteiger partial charge in [-0.25, -0.2) is 4.79 Å². The Morgan fingerprint density at radius 3 is 2.32 bits per heavy atom. The Morgan fingerprint density at radius 2 is 1.68 bits per heavy atom. The molecule has 1 atom stereocenters. The maximum atomic E-state index is 12.7. The molecule has 2 fully saturated rings. The second-order valence-electron chi connectivity index (χ2n) is 8.51. The summed E-state index contributed by atoms with van der Waals surface area (Å²) in [6.07, 6.45) is 6.85. The number of hydrogen-bond acceptors (Lipinski definition) is 3. The maximum absolute atomic E-state index is 12.7. The molecule has 3 heterocycles. The molecule has 1 unspecified atom stereocenters. The van der Waals surface area contributed by atoms with Crippen LogP contribution in [0.4, 0.5) is 16.2 Å². The number of piperidine rings is 1. The number of benzene rings is 1. The molecular formula is C24H33N5O2. The largest absolute Gasteiger partial charge is 0.369 e. The van der Waals surface area contributed by atoms with Crippen LogP contribution >= 0.6 is 0 Å². The molecule has 1 aromatic carbocycles. The quantitative estimate of drug-likeness (QED) is 0.814. The van der Waals surface area contributed by atoms with Gasteiger partial charge in [0, 0.05) is 63.4 Å². The Morgan fingerprint density at radius 1 is 0.968 bits per heavy atom. The topological polar surface area (TPSA) is 60.8 Å². The molecule has 2 aliphatic heterocycles. The molecule has 1 aromatic heterocycles. The van der Waals surface area contributed by atoms with Crippen LogP contribution in [0.25, 0.3) is 0 Å². The van der Waals surface area contributed by atoms with Gasteiger partial charge in [0.25, 0.3) is 5.91 Å². The lowest BCUT2D eigenvalue weighted by molar-refractivity contribution is 0.0662. The Bertz CT molecular complexity index is 899. The molecule has 166 valence electrons. The van der Waals surface area contributed by atoms with Crippen molar-refractivity contribution in [3.63, 3.8) is 0 Å². The van der Waals surface area contributed by atoms with Gasteiger partial charge >= 0.3 is 6.03 Å². The van der Waals surface area contributed by atoms with Gasteiger partial charge < -0.3 is 24.6 Å². The van der Waals surface area contributed by atoms with E-state index >= 15 is 0 Å². The van der Waals surface area contributed by atoms with Crippen molar-refractivity contribution in [3.05, 3.63) is 48.3 Å². The van der Waals surface area contributed by atoms with Crippen molar-refractivity contribution in [1.29, 1.82) is 0 Å². The molecule has 2 aromatic rings. The minimum absolute atomic E-state index is 0.0197. The van der Waals surface area contributed by atoms with E-state index in [0.717, 1.165) is 18.7 Å². The molecule has 0 aliphatic carbocycles. The molecule has 7 nitrogen and oxygen atoms in total. The molecule has 31 heavy (non-hydrogen) atoms. The number of piperazine rings is 1. The molecule has 0 saturated carbocycles. The maximum Gasteiger partial charge on any atom is 0.321 e. The highest BCUT2D eigenvalue weighted by molar-refractivity contribution is 5.93. The predicted octanol–water partition coefficient (Wildman–Crippen LogP) is 3.78. The van der Waals surface area contributed by atoms with Gasteiger partial charge in [-0.15, -0.1) is 0 Å². The van der Waals surface area contributed by atoms with Crippen molar-refractivity contribution in [1.82, 2.24) is 14.4 Å². The summed E-state index contributed by atoms with van der Waals surface area (Å²) >= 11 is 0. The summed E-state index contributed by atoms with van der Waals surface area (Å²) in [6.45, 7) is 5.52. The number of rotatable bonds is 4. The van der Waals surface area contributed by atoms with Gasteiger partial charge in [0.05, 0.1) is 0 Å². The van der Waals surface area contributed by atoms with Crippen molar-refractivity contribution < 1.29 is 9.59 Å². The lowest BCUT2D eigenvalue weighted by Crippen LogP contribution is -2.51. The number of aromatic nitrogens is 1. The number of nitrogens with zero attached hydrogens (tertiary/aromatic N) is 4. The fourth-order valence-electron chi connectivity index (χ4n) is 4.66. The number of urea groups is 1. The summed E-state index contributed by atoms with van der Waals surface area (Å²) in [6, 6.07) is 12.4. The van der Waals surface area contributed by atoms with Crippen molar-refractivity contribution in [2.24, 2.45) is 7.05 Å². The third-order valence-corrected chi connectivity index (χ3v) is 6.57. The van der Waals surface area contributed by atoms with Crippen LogP contribution in [0.1, 0.15) is 43.1 Å². The molecule has 0 bridgehead atoms. The molecule has 7 heteroatoms. The predicted molar refractivity (Wildman–Crippen MR) is 124 cm³/mol. The molecular weight excluding hydrogens is 390 g/mol. The van der Waals surface area contributed by atoms with E-state index in [1.807, 2.05) is 47.0 Å². The third-order valence-electron chi connectivity index (χ3n) is 6.57. The van der Waals surface area contributed by atoms with Crippen molar-refractivity contribution in [2.75, 3.05) is 42.9 Å². The number of nitrogens with one attached hydrogen (secondary N) is 1. The van der Waals surface area contributed by atoms with E-state index in [1.165, 1.54) is 24.9 Å². The Labute approximate surface area is 184 Å². The highest BCUT2D eigenvalue weighted by atomic mass is 16.2. The van der Waals surface area contributed by atoms with Crippen LogP contribution in [-0.4, -0.2) is 65.1 Å². The summed E-state index contributed by atoms with van der Waals surface area (Å²) in [5, 5.41) is 3.01. The second-order valence-corrected chi connectivity index (χ2v) is 8.51. The minimum atomic E-state index is -0.108. The van der Waals surface area contributed by atoms with Crippen LogP contribution in [0.3, 0.4) is 0 Å². The first-order valence-electron chi connectivity index (χ1n) is 11.4. The summed E-state index contributed by atoms with van der Waals surface area (Å²) in [4.78, 5) is 31.4. The van der Waals surface area contributed by atoms with E-state index in [0.29, 0.717) is 37.9 Å². The van der Waals surface area contributed by atoms with Gasteiger partial charge in [0.1, 0.15) is 5.69 Å². The van der Waals surface area contributed by atoms with Gasteiger partial charge in [0.2, 0.25) is 0 Å². The van der Waals surface area contributed by atoms with Gasteiger partial charge in [-0.1, -0.05) is 6.92 Å². The Balaban J connectivity index is 1.30. The van der Waals surface area contributed by atoms with E-state index < -0.39 is 0 Å². The number of amides is 3. The van der Waals surface area contributed by atoms with Gasteiger partial charge in [-0.2, -0.15) is 0 Å². The average molecular weight is 424 g/mol. The van der Waals surface area contributed by atoms with Crippen LogP contribution in [0, 0.1) is 0 Å².